The van der Waals surface area contributed by atoms with Crippen LogP contribution in [0.4, 0.5) is 0 Å². The Balaban J connectivity index is 3.24. The average Bonchev–Trinajstić information content (AvgIpc) is 2.04. The Labute approximate surface area is 75.8 Å². The zero-order valence-corrected chi connectivity index (χ0v) is 8.31. The van der Waals surface area contributed by atoms with E-state index in [1.165, 1.54) is 0 Å². The standard InChI is InChI=1S/C10H21NO/c1-4-5-6-7-12-9-10(2,3)8-11/h4H,1,5-9,11H2,2-3H3. The van der Waals surface area contributed by atoms with E-state index in [-0.39, 0.29) is 5.41 Å². The number of allylic oxidation sites excluding steroid dienone is 1. The van der Waals surface area contributed by atoms with E-state index in [0.717, 1.165) is 26.1 Å². The molecule has 72 valence electrons. The van der Waals surface area contributed by atoms with Gasteiger partial charge in [0.25, 0.3) is 0 Å². The molecule has 0 aromatic heterocycles. The van der Waals surface area contributed by atoms with Crippen LogP contribution in [0, 0.1) is 5.41 Å². The van der Waals surface area contributed by atoms with Gasteiger partial charge in [-0.15, -0.1) is 6.58 Å². The van der Waals surface area contributed by atoms with E-state index in [2.05, 4.69) is 20.4 Å². The van der Waals surface area contributed by atoms with Crippen LogP contribution >= 0.6 is 0 Å². The summed E-state index contributed by atoms with van der Waals surface area (Å²) in [6, 6.07) is 0. The van der Waals surface area contributed by atoms with Gasteiger partial charge in [0.15, 0.2) is 0 Å². The number of rotatable bonds is 7. The largest absolute Gasteiger partial charge is 0.381 e. The molecular formula is C10H21NO. The summed E-state index contributed by atoms with van der Waals surface area (Å²) >= 11 is 0. The molecule has 0 aromatic carbocycles. The Kier molecular flexibility index (Phi) is 6.03. The predicted octanol–water partition coefficient (Wildman–Crippen LogP) is 1.95. The fourth-order valence-electron chi connectivity index (χ4n) is 0.737. The molecule has 0 atom stereocenters. The van der Waals surface area contributed by atoms with E-state index in [4.69, 9.17) is 10.5 Å². The van der Waals surface area contributed by atoms with Crippen LogP contribution in [0.25, 0.3) is 0 Å². The third-order valence-corrected chi connectivity index (χ3v) is 1.74. The molecule has 0 aliphatic heterocycles. The summed E-state index contributed by atoms with van der Waals surface area (Å²) < 4.78 is 5.46. The highest BCUT2D eigenvalue weighted by atomic mass is 16.5. The molecule has 0 saturated heterocycles. The lowest BCUT2D eigenvalue weighted by atomic mass is 9.95. The van der Waals surface area contributed by atoms with Crippen LogP contribution in [0.1, 0.15) is 26.7 Å². The number of hydrogen-bond donors (Lipinski definition) is 1. The number of nitrogens with two attached hydrogens (primary N) is 1. The normalized spacial score (nSPS) is 11.6. The SMILES string of the molecule is C=CCCCOCC(C)(C)CN. The summed E-state index contributed by atoms with van der Waals surface area (Å²) in [5, 5.41) is 0. The molecule has 0 bridgehead atoms. The second-order valence-corrected chi connectivity index (χ2v) is 3.85. The first-order valence-electron chi connectivity index (χ1n) is 4.51. The van der Waals surface area contributed by atoms with Gasteiger partial charge in [0, 0.05) is 12.0 Å². The van der Waals surface area contributed by atoms with E-state index in [9.17, 15) is 0 Å². The van der Waals surface area contributed by atoms with Crippen LogP contribution in [-0.4, -0.2) is 19.8 Å². The molecule has 2 heteroatoms. The monoisotopic (exact) mass is 171 g/mol. The third-order valence-electron chi connectivity index (χ3n) is 1.74. The van der Waals surface area contributed by atoms with Crippen molar-refractivity contribution in [2.24, 2.45) is 11.1 Å². The van der Waals surface area contributed by atoms with E-state index < -0.39 is 0 Å². The molecule has 0 aliphatic carbocycles. The van der Waals surface area contributed by atoms with Crippen LogP contribution in [0.2, 0.25) is 0 Å². The van der Waals surface area contributed by atoms with Gasteiger partial charge in [-0.3, -0.25) is 0 Å². The van der Waals surface area contributed by atoms with Crippen LogP contribution in [0.5, 0.6) is 0 Å². The Morgan fingerprint density at radius 1 is 1.50 bits per heavy atom. The first-order valence-corrected chi connectivity index (χ1v) is 4.51. The number of unbranched alkanes of at least 4 members (excludes halogenated alkanes) is 1. The van der Waals surface area contributed by atoms with Gasteiger partial charge in [-0.05, 0) is 19.4 Å². The lowest BCUT2D eigenvalue weighted by Crippen LogP contribution is -2.29. The Hall–Kier alpha value is -0.340. The molecule has 0 radical (unpaired) electrons. The summed E-state index contributed by atoms with van der Waals surface area (Å²) in [4.78, 5) is 0. The summed E-state index contributed by atoms with van der Waals surface area (Å²) in [7, 11) is 0. The van der Waals surface area contributed by atoms with Crippen molar-refractivity contribution in [1.82, 2.24) is 0 Å². The first-order chi connectivity index (χ1) is 5.62. The Morgan fingerprint density at radius 3 is 2.67 bits per heavy atom. The second-order valence-electron chi connectivity index (χ2n) is 3.85. The van der Waals surface area contributed by atoms with Crippen LogP contribution in [0.3, 0.4) is 0 Å². The van der Waals surface area contributed by atoms with Crippen molar-refractivity contribution in [3.63, 3.8) is 0 Å². The molecule has 2 nitrogen and oxygen atoms in total. The van der Waals surface area contributed by atoms with Crippen LogP contribution in [-0.2, 0) is 4.74 Å². The Morgan fingerprint density at radius 2 is 2.17 bits per heavy atom. The summed E-state index contributed by atoms with van der Waals surface area (Å²) in [5.74, 6) is 0. The van der Waals surface area contributed by atoms with E-state index in [1.54, 1.807) is 0 Å². The fraction of sp³-hybridized carbons (Fsp3) is 0.800. The minimum Gasteiger partial charge on any atom is -0.381 e. The molecule has 0 amide bonds. The zero-order valence-electron chi connectivity index (χ0n) is 8.31. The molecule has 0 unspecified atom stereocenters. The number of hydrogen-bond acceptors (Lipinski definition) is 2. The molecule has 0 spiro atoms. The lowest BCUT2D eigenvalue weighted by molar-refractivity contribution is 0.0654. The summed E-state index contributed by atoms with van der Waals surface area (Å²) in [6.45, 7) is 10.1. The molecule has 0 rings (SSSR count). The molecule has 0 aliphatic rings. The maximum absolute atomic E-state index is 5.55. The summed E-state index contributed by atoms with van der Waals surface area (Å²) in [6.07, 6.45) is 4.00. The van der Waals surface area contributed by atoms with Crippen LogP contribution in [0.15, 0.2) is 12.7 Å². The minimum atomic E-state index is 0.119. The van der Waals surface area contributed by atoms with Gasteiger partial charge in [0.05, 0.1) is 6.61 Å². The molecule has 0 aromatic rings. The maximum Gasteiger partial charge on any atom is 0.0529 e. The quantitative estimate of drug-likeness (QED) is 0.469. The van der Waals surface area contributed by atoms with Gasteiger partial charge in [0.2, 0.25) is 0 Å². The highest BCUT2D eigenvalue weighted by molar-refractivity contribution is 4.68. The highest BCUT2D eigenvalue weighted by Gasteiger charge is 2.14. The van der Waals surface area contributed by atoms with Crippen molar-refractivity contribution in [3.8, 4) is 0 Å². The van der Waals surface area contributed by atoms with Gasteiger partial charge in [-0.2, -0.15) is 0 Å². The Bertz CT molecular complexity index is 121. The van der Waals surface area contributed by atoms with Crippen LogP contribution < -0.4 is 5.73 Å². The van der Waals surface area contributed by atoms with E-state index in [1.807, 2.05) is 6.08 Å². The second kappa shape index (κ2) is 6.21. The van der Waals surface area contributed by atoms with Crippen molar-refractivity contribution in [3.05, 3.63) is 12.7 Å². The van der Waals surface area contributed by atoms with Crippen molar-refractivity contribution in [2.45, 2.75) is 26.7 Å². The van der Waals surface area contributed by atoms with Crippen molar-refractivity contribution >= 4 is 0 Å². The molecule has 0 saturated carbocycles. The van der Waals surface area contributed by atoms with Crippen molar-refractivity contribution in [1.29, 1.82) is 0 Å². The van der Waals surface area contributed by atoms with Gasteiger partial charge in [-0.1, -0.05) is 19.9 Å². The lowest BCUT2D eigenvalue weighted by Gasteiger charge is -2.21. The fourth-order valence-corrected chi connectivity index (χ4v) is 0.737. The predicted molar refractivity (Wildman–Crippen MR) is 53.1 cm³/mol. The zero-order chi connectivity index (χ0) is 9.45. The topological polar surface area (TPSA) is 35.2 Å². The average molecular weight is 171 g/mol. The van der Waals surface area contributed by atoms with Gasteiger partial charge in [0.1, 0.15) is 0 Å². The van der Waals surface area contributed by atoms with E-state index in [0.29, 0.717) is 6.54 Å². The van der Waals surface area contributed by atoms with Gasteiger partial charge >= 0.3 is 0 Å². The highest BCUT2D eigenvalue weighted by Crippen LogP contribution is 2.12. The van der Waals surface area contributed by atoms with Crippen molar-refractivity contribution in [2.75, 3.05) is 19.8 Å². The molecule has 0 heterocycles. The van der Waals surface area contributed by atoms with Crippen molar-refractivity contribution < 1.29 is 4.74 Å². The molecule has 12 heavy (non-hydrogen) atoms. The molecular weight excluding hydrogens is 150 g/mol. The van der Waals surface area contributed by atoms with Gasteiger partial charge < -0.3 is 10.5 Å². The molecule has 0 fully saturated rings. The first kappa shape index (κ1) is 11.7. The minimum absolute atomic E-state index is 0.119. The third kappa shape index (κ3) is 6.38. The van der Waals surface area contributed by atoms with E-state index >= 15 is 0 Å². The number of ether oxygens (including phenoxy) is 1. The molecule has 2 N–H and O–H groups in total. The smallest absolute Gasteiger partial charge is 0.0529 e. The van der Waals surface area contributed by atoms with Gasteiger partial charge in [-0.25, -0.2) is 0 Å². The summed E-state index contributed by atoms with van der Waals surface area (Å²) in [5.41, 5.74) is 5.67. The maximum atomic E-state index is 5.55.